The van der Waals surface area contributed by atoms with Gasteiger partial charge in [0, 0.05) is 19.0 Å². The molecule has 1 rings (SSSR count). The largest absolute Gasteiger partial charge is 0.392 e. The Balaban J connectivity index is 2.06. The van der Waals surface area contributed by atoms with Gasteiger partial charge in [0.1, 0.15) is 0 Å². The lowest BCUT2D eigenvalue weighted by molar-refractivity contribution is 0.176. The zero-order chi connectivity index (χ0) is 7.40. The number of rotatable bonds is 3. The van der Waals surface area contributed by atoms with E-state index in [1.165, 1.54) is 0 Å². The van der Waals surface area contributed by atoms with Crippen LogP contribution in [0.1, 0.15) is 12.8 Å². The van der Waals surface area contributed by atoms with E-state index in [2.05, 4.69) is 4.90 Å². The lowest BCUT2D eigenvalue weighted by Gasteiger charge is -2.12. The van der Waals surface area contributed by atoms with Crippen LogP contribution in [0, 0.1) is 0 Å². The van der Waals surface area contributed by atoms with Gasteiger partial charge in [-0.3, -0.25) is 0 Å². The third-order valence-corrected chi connectivity index (χ3v) is 2.12. The van der Waals surface area contributed by atoms with E-state index in [4.69, 9.17) is 16.7 Å². The first-order valence-corrected chi connectivity index (χ1v) is 4.33. The first kappa shape index (κ1) is 8.31. The fourth-order valence-corrected chi connectivity index (χ4v) is 1.42. The molecule has 1 N–H and O–H groups in total. The van der Waals surface area contributed by atoms with E-state index in [1.807, 2.05) is 0 Å². The highest BCUT2D eigenvalue weighted by Gasteiger charge is 2.18. The van der Waals surface area contributed by atoms with Gasteiger partial charge in [0.05, 0.1) is 6.10 Å². The van der Waals surface area contributed by atoms with E-state index in [9.17, 15) is 0 Å². The average molecular weight is 164 g/mol. The lowest BCUT2D eigenvalue weighted by atomic mass is 10.3. The van der Waals surface area contributed by atoms with Crippen LogP contribution in [0.5, 0.6) is 0 Å². The van der Waals surface area contributed by atoms with Crippen molar-refractivity contribution < 1.29 is 5.11 Å². The predicted molar refractivity (Wildman–Crippen MR) is 42.4 cm³/mol. The Bertz CT molecular complexity index is 99.6. The van der Waals surface area contributed by atoms with Gasteiger partial charge in [0.15, 0.2) is 0 Å². The van der Waals surface area contributed by atoms with Gasteiger partial charge in [0.2, 0.25) is 0 Å². The summed E-state index contributed by atoms with van der Waals surface area (Å²) in [5.74, 6) is 0.729. The van der Waals surface area contributed by atoms with E-state index in [0.29, 0.717) is 0 Å². The number of likely N-dealkylation sites (tertiary alicyclic amines) is 1. The van der Waals surface area contributed by atoms with E-state index in [1.54, 1.807) is 0 Å². The van der Waals surface area contributed by atoms with E-state index in [-0.39, 0.29) is 6.10 Å². The topological polar surface area (TPSA) is 23.5 Å². The maximum atomic E-state index is 9.12. The van der Waals surface area contributed by atoms with Crippen molar-refractivity contribution in [2.75, 3.05) is 25.5 Å². The minimum atomic E-state index is -0.0877. The molecule has 1 unspecified atom stereocenters. The van der Waals surface area contributed by atoms with Gasteiger partial charge in [-0.05, 0) is 19.4 Å². The number of β-amino-alcohol motifs (C(OH)–C–C–N with tert-alkyl or cyclic N) is 1. The molecule has 1 aliphatic rings. The van der Waals surface area contributed by atoms with Crippen molar-refractivity contribution in [2.24, 2.45) is 0 Å². The molecule has 0 saturated carbocycles. The highest BCUT2D eigenvalue weighted by Crippen LogP contribution is 2.08. The lowest BCUT2D eigenvalue weighted by Crippen LogP contribution is -2.23. The van der Waals surface area contributed by atoms with Crippen LogP contribution < -0.4 is 0 Å². The minimum Gasteiger partial charge on any atom is -0.392 e. The van der Waals surface area contributed by atoms with Gasteiger partial charge in [-0.25, -0.2) is 0 Å². The summed E-state index contributed by atoms with van der Waals surface area (Å²) in [6.07, 6.45) is 1.88. The Morgan fingerprint density at radius 3 is 2.90 bits per heavy atom. The van der Waals surface area contributed by atoms with Crippen LogP contribution >= 0.6 is 11.6 Å². The molecule has 0 aromatic carbocycles. The molecule has 1 aliphatic heterocycles. The molecule has 0 bridgehead atoms. The predicted octanol–water partition coefficient (Wildman–Crippen LogP) is 0.682. The summed E-state index contributed by atoms with van der Waals surface area (Å²) in [6, 6.07) is 0. The van der Waals surface area contributed by atoms with Crippen LogP contribution in [0.4, 0.5) is 0 Å². The monoisotopic (exact) mass is 163 g/mol. The first-order chi connectivity index (χ1) is 4.83. The van der Waals surface area contributed by atoms with Crippen LogP contribution in [0.25, 0.3) is 0 Å². The number of hydrogen-bond donors (Lipinski definition) is 1. The second kappa shape index (κ2) is 4.16. The molecular weight excluding hydrogens is 150 g/mol. The second-order valence-electron chi connectivity index (χ2n) is 2.79. The van der Waals surface area contributed by atoms with E-state index >= 15 is 0 Å². The number of aliphatic hydroxyl groups excluding tert-OH is 1. The maximum absolute atomic E-state index is 9.12. The van der Waals surface area contributed by atoms with Crippen LogP contribution in [0.2, 0.25) is 0 Å². The molecule has 1 fully saturated rings. The van der Waals surface area contributed by atoms with Gasteiger partial charge in [0.25, 0.3) is 0 Å². The third kappa shape index (κ3) is 2.45. The first-order valence-electron chi connectivity index (χ1n) is 3.79. The molecule has 0 aliphatic carbocycles. The molecule has 3 heteroatoms. The Kier molecular flexibility index (Phi) is 3.46. The maximum Gasteiger partial charge on any atom is 0.0679 e. The van der Waals surface area contributed by atoms with Crippen molar-refractivity contribution >= 4 is 11.6 Å². The SMILES string of the molecule is OC1CCN(CCCCl)C1. The minimum absolute atomic E-state index is 0.0877. The zero-order valence-corrected chi connectivity index (χ0v) is 6.85. The molecule has 1 heterocycles. The summed E-state index contributed by atoms with van der Waals surface area (Å²) in [5, 5.41) is 9.12. The zero-order valence-electron chi connectivity index (χ0n) is 6.09. The summed E-state index contributed by atoms with van der Waals surface area (Å²) >= 11 is 5.53. The quantitative estimate of drug-likeness (QED) is 0.619. The molecule has 0 aromatic rings. The molecule has 0 radical (unpaired) electrons. The highest BCUT2D eigenvalue weighted by atomic mass is 35.5. The fourth-order valence-electron chi connectivity index (χ4n) is 1.30. The summed E-state index contributed by atoms with van der Waals surface area (Å²) in [4.78, 5) is 2.26. The summed E-state index contributed by atoms with van der Waals surface area (Å²) in [6.45, 7) is 2.93. The number of aliphatic hydroxyl groups is 1. The van der Waals surface area contributed by atoms with E-state index in [0.717, 1.165) is 38.4 Å². The van der Waals surface area contributed by atoms with Crippen LogP contribution in [0.15, 0.2) is 0 Å². The number of nitrogens with zero attached hydrogens (tertiary/aromatic N) is 1. The standard InChI is InChI=1S/C7H14ClNO/c8-3-1-4-9-5-2-7(10)6-9/h7,10H,1-6H2. The van der Waals surface area contributed by atoms with Crippen molar-refractivity contribution in [1.82, 2.24) is 4.90 Å². The van der Waals surface area contributed by atoms with Gasteiger partial charge < -0.3 is 10.0 Å². The normalized spacial score (nSPS) is 27.6. The van der Waals surface area contributed by atoms with Gasteiger partial charge >= 0.3 is 0 Å². The van der Waals surface area contributed by atoms with Crippen molar-refractivity contribution in [3.05, 3.63) is 0 Å². The molecule has 0 aromatic heterocycles. The Morgan fingerprint density at radius 2 is 2.40 bits per heavy atom. The number of alkyl halides is 1. The molecular formula is C7H14ClNO. The molecule has 60 valence electrons. The van der Waals surface area contributed by atoms with Crippen molar-refractivity contribution in [1.29, 1.82) is 0 Å². The molecule has 1 atom stereocenters. The second-order valence-corrected chi connectivity index (χ2v) is 3.16. The van der Waals surface area contributed by atoms with Gasteiger partial charge in [-0.15, -0.1) is 11.6 Å². The Hall–Kier alpha value is 0.210. The van der Waals surface area contributed by atoms with Crippen molar-refractivity contribution in [3.63, 3.8) is 0 Å². The summed E-state index contributed by atoms with van der Waals surface area (Å²) < 4.78 is 0. The Morgan fingerprint density at radius 1 is 1.60 bits per heavy atom. The van der Waals surface area contributed by atoms with Crippen LogP contribution in [-0.4, -0.2) is 41.6 Å². The van der Waals surface area contributed by atoms with Crippen LogP contribution in [0.3, 0.4) is 0 Å². The third-order valence-electron chi connectivity index (χ3n) is 1.86. The molecule has 0 spiro atoms. The van der Waals surface area contributed by atoms with Gasteiger partial charge in [-0.1, -0.05) is 0 Å². The van der Waals surface area contributed by atoms with Crippen molar-refractivity contribution in [3.8, 4) is 0 Å². The van der Waals surface area contributed by atoms with Gasteiger partial charge in [-0.2, -0.15) is 0 Å². The molecule has 2 nitrogen and oxygen atoms in total. The summed E-state index contributed by atoms with van der Waals surface area (Å²) in [5.41, 5.74) is 0. The molecule has 10 heavy (non-hydrogen) atoms. The Labute approximate surface area is 66.8 Å². The molecule has 0 amide bonds. The van der Waals surface area contributed by atoms with E-state index < -0.39 is 0 Å². The number of hydrogen-bond acceptors (Lipinski definition) is 2. The average Bonchev–Trinajstić information content (AvgIpc) is 2.31. The fraction of sp³-hybridized carbons (Fsp3) is 1.00. The van der Waals surface area contributed by atoms with Crippen LogP contribution in [-0.2, 0) is 0 Å². The highest BCUT2D eigenvalue weighted by molar-refractivity contribution is 6.17. The number of halogens is 1. The molecule has 1 saturated heterocycles. The summed E-state index contributed by atoms with van der Waals surface area (Å²) in [7, 11) is 0. The van der Waals surface area contributed by atoms with Crippen molar-refractivity contribution in [2.45, 2.75) is 18.9 Å². The smallest absolute Gasteiger partial charge is 0.0679 e.